The number of amides is 1. The number of benzene rings is 1. The number of fused-ring (bicyclic) bond motifs is 1. The lowest BCUT2D eigenvalue weighted by Crippen LogP contribution is -2.28. The smallest absolute Gasteiger partial charge is 0.228 e. The van der Waals surface area contributed by atoms with Gasteiger partial charge in [-0.15, -0.1) is 0 Å². The molecule has 3 heteroatoms. The van der Waals surface area contributed by atoms with E-state index >= 15 is 0 Å². The first kappa shape index (κ1) is 11.1. The van der Waals surface area contributed by atoms with Crippen LogP contribution in [-0.2, 0) is 4.79 Å². The number of rotatable bonds is 1. The number of aryl methyl sites for hydroxylation is 1. The molecule has 0 N–H and O–H groups in total. The number of para-hydroxylation sites is 1. The quantitative estimate of drug-likeness (QED) is 0.752. The fourth-order valence-electron chi connectivity index (χ4n) is 2.55. The molecule has 1 amide bonds. The van der Waals surface area contributed by atoms with Crippen molar-refractivity contribution < 1.29 is 4.79 Å². The fraction of sp³-hybridized carbons (Fsp3) is 0.267. The first-order valence-electron chi connectivity index (χ1n) is 6.17. The van der Waals surface area contributed by atoms with Crippen molar-refractivity contribution in [3.8, 4) is 0 Å². The Kier molecular flexibility index (Phi) is 2.47. The van der Waals surface area contributed by atoms with E-state index in [0.717, 1.165) is 0 Å². The van der Waals surface area contributed by atoms with E-state index in [1.165, 1.54) is 16.5 Å². The highest BCUT2D eigenvalue weighted by Gasteiger charge is 2.21. The molecule has 1 atom stereocenters. The maximum atomic E-state index is 11.8. The van der Waals surface area contributed by atoms with E-state index in [0.29, 0.717) is 6.42 Å². The second kappa shape index (κ2) is 4.02. The van der Waals surface area contributed by atoms with Crippen molar-refractivity contribution in [3.05, 3.63) is 48.3 Å². The number of carbonyl (C=O) groups is 1. The molecule has 92 valence electrons. The Balaban J connectivity index is 2.10. The van der Waals surface area contributed by atoms with Gasteiger partial charge in [0.05, 0.1) is 12.5 Å². The van der Waals surface area contributed by atoms with Gasteiger partial charge in [0.1, 0.15) is 0 Å². The summed E-state index contributed by atoms with van der Waals surface area (Å²) in [7, 11) is 1.80. The molecule has 0 saturated carbocycles. The molecule has 0 bridgehead atoms. The molecule has 0 saturated heterocycles. The molecule has 1 aliphatic rings. The van der Waals surface area contributed by atoms with Crippen molar-refractivity contribution in [2.24, 2.45) is 0 Å². The third kappa shape index (κ3) is 1.63. The predicted octanol–water partition coefficient (Wildman–Crippen LogP) is 2.87. The van der Waals surface area contributed by atoms with E-state index in [2.05, 4.69) is 42.0 Å². The molecular weight excluding hydrogens is 224 g/mol. The van der Waals surface area contributed by atoms with Gasteiger partial charge in [-0.25, -0.2) is 0 Å². The molecule has 3 nitrogen and oxygen atoms in total. The van der Waals surface area contributed by atoms with E-state index in [1.807, 2.05) is 12.3 Å². The summed E-state index contributed by atoms with van der Waals surface area (Å²) < 4.78 is 2.20. The molecule has 18 heavy (non-hydrogen) atoms. The molecule has 0 fully saturated rings. The minimum Gasteiger partial charge on any atom is -0.340 e. The highest BCUT2D eigenvalue weighted by Crippen LogP contribution is 2.28. The second-order valence-corrected chi connectivity index (χ2v) is 4.85. The standard InChI is InChI=1S/C15H16N2O/c1-11-10-17(14-6-4-3-5-13(11)14)12-7-8-16(2)15(18)9-12/h3-8,10,12H,9H2,1-2H3. The van der Waals surface area contributed by atoms with Crippen LogP contribution in [0.4, 0.5) is 0 Å². The van der Waals surface area contributed by atoms with Crippen LogP contribution in [-0.4, -0.2) is 22.4 Å². The van der Waals surface area contributed by atoms with Crippen LogP contribution in [0.1, 0.15) is 18.0 Å². The first-order chi connectivity index (χ1) is 8.66. The lowest BCUT2D eigenvalue weighted by atomic mass is 10.1. The molecule has 1 aromatic carbocycles. The van der Waals surface area contributed by atoms with Crippen molar-refractivity contribution >= 4 is 16.8 Å². The number of nitrogens with zero attached hydrogens (tertiary/aromatic N) is 2. The molecule has 0 spiro atoms. The van der Waals surface area contributed by atoms with Crippen LogP contribution in [0.15, 0.2) is 42.7 Å². The number of allylic oxidation sites excluding steroid dienone is 1. The van der Waals surface area contributed by atoms with E-state index < -0.39 is 0 Å². The van der Waals surface area contributed by atoms with Crippen molar-refractivity contribution in [2.75, 3.05) is 7.05 Å². The molecule has 3 rings (SSSR count). The van der Waals surface area contributed by atoms with Gasteiger partial charge < -0.3 is 9.47 Å². The molecule has 1 unspecified atom stereocenters. The van der Waals surface area contributed by atoms with E-state index in [9.17, 15) is 4.79 Å². The molecule has 1 aliphatic heterocycles. The summed E-state index contributed by atoms with van der Waals surface area (Å²) in [5, 5.41) is 1.26. The Bertz CT molecular complexity index is 639. The number of carbonyl (C=O) groups excluding carboxylic acids is 1. The third-order valence-corrected chi connectivity index (χ3v) is 3.61. The molecular formula is C15H16N2O. The summed E-state index contributed by atoms with van der Waals surface area (Å²) in [6, 6.07) is 8.46. The van der Waals surface area contributed by atoms with E-state index in [4.69, 9.17) is 0 Å². The summed E-state index contributed by atoms with van der Waals surface area (Å²) in [6.45, 7) is 2.11. The maximum absolute atomic E-state index is 11.8. The second-order valence-electron chi connectivity index (χ2n) is 4.85. The fourth-order valence-corrected chi connectivity index (χ4v) is 2.55. The Hall–Kier alpha value is -2.03. The lowest BCUT2D eigenvalue weighted by molar-refractivity contribution is -0.128. The molecule has 0 aliphatic carbocycles. The molecule has 1 aromatic heterocycles. The van der Waals surface area contributed by atoms with Gasteiger partial charge in [-0.3, -0.25) is 4.79 Å². The van der Waals surface area contributed by atoms with Gasteiger partial charge in [0.25, 0.3) is 0 Å². The highest BCUT2D eigenvalue weighted by molar-refractivity contribution is 5.85. The van der Waals surface area contributed by atoms with Crippen LogP contribution < -0.4 is 0 Å². The van der Waals surface area contributed by atoms with Gasteiger partial charge in [-0.2, -0.15) is 0 Å². The van der Waals surface area contributed by atoms with Gasteiger partial charge >= 0.3 is 0 Å². The average Bonchev–Trinajstić information content (AvgIpc) is 2.71. The zero-order valence-electron chi connectivity index (χ0n) is 10.6. The van der Waals surface area contributed by atoms with E-state index in [1.54, 1.807) is 11.9 Å². The van der Waals surface area contributed by atoms with Crippen LogP contribution in [0.5, 0.6) is 0 Å². The Morgan fingerprint density at radius 2 is 2.06 bits per heavy atom. The summed E-state index contributed by atoms with van der Waals surface area (Å²) in [5.41, 5.74) is 2.45. The topological polar surface area (TPSA) is 25.2 Å². The van der Waals surface area contributed by atoms with Gasteiger partial charge in [-0.1, -0.05) is 18.2 Å². The Labute approximate surface area is 106 Å². The Morgan fingerprint density at radius 1 is 1.28 bits per heavy atom. The molecule has 2 aromatic rings. The van der Waals surface area contributed by atoms with Crippen LogP contribution in [0.3, 0.4) is 0 Å². The van der Waals surface area contributed by atoms with Gasteiger partial charge in [0.2, 0.25) is 5.91 Å². The summed E-state index contributed by atoms with van der Waals surface area (Å²) in [5.74, 6) is 0.165. The summed E-state index contributed by atoms with van der Waals surface area (Å²) in [6.07, 6.45) is 6.62. The highest BCUT2D eigenvalue weighted by atomic mass is 16.2. The number of hydrogen-bond acceptors (Lipinski definition) is 1. The van der Waals surface area contributed by atoms with Gasteiger partial charge in [-0.05, 0) is 24.6 Å². The monoisotopic (exact) mass is 240 g/mol. The Morgan fingerprint density at radius 3 is 2.83 bits per heavy atom. The van der Waals surface area contributed by atoms with Crippen LogP contribution >= 0.6 is 0 Å². The first-order valence-corrected chi connectivity index (χ1v) is 6.17. The largest absolute Gasteiger partial charge is 0.340 e. The predicted molar refractivity (Wildman–Crippen MR) is 72.2 cm³/mol. The minimum atomic E-state index is 0.132. The minimum absolute atomic E-state index is 0.132. The van der Waals surface area contributed by atoms with Crippen molar-refractivity contribution in [1.29, 1.82) is 0 Å². The average molecular weight is 240 g/mol. The van der Waals surface area contributed by atoms with Crippen molar-refractivity contribution in [1.82, 2.24) is 9.47 Å². The third-order valence-electron chi connectivity index (χ3n) is 3.61. The number of aromatic nitrogens is 1. The van der Waals surface area contributed by atoms with Crippen molar-refractivity contribution in [2.45, 2.75) is 19.4 Å². The summed E-state index contributed by atoms with van der Waals surface area (Å²) >= 11 is 0. The van der Waals surface area contributed by atoms with Crippen LogP contribution in [0.2, 0.25) is 0 Å². The number of hydrogen-bond donors (Lipinski definition) is 0. The van der Waals surface area contributed by atoms with Gasteiger partial charge in [0.15, 0.2) is 0 Å². The zero-order chi connectivity index (χ0) is 12.7. The zero-order valence-corrected chi connectivity index (χ0v) is 10.6. The van der Waals surface area contributed by atoms with E-state index in [-0.39, 0.29) is 11.9 Å². The normalized spacial score (nSPS) is 19.8. The molecule has 0 radical (unpaired) electrons. The maximum Gasteiger partial charge on any atom is 0.228 e. The lowest BCUT2D eigenvalue weighted by Gasteiger charge is -2.24. The summed E-state index contributed by atoms with van der Waals surface area (Å²) in [4.78, 5) is 13.4. The molecule has 2 heterocycles. The van der Waals surface area contributed by atoms with Gasteiger partial charge in [0, 0.05) is 30.3 Å². The SMILES string of the molecule is Cc1cn(C2C=CN(C)C(=O)C2)c2ccccc12. The van der Waals surface area contributed by atoms with Crippen molar-refractivity contribution in [3.63, 3.8) is 0 Å². The van der Waals surface area contributed by atoms with Crippen LogP contribution in [0.25, 0.3) is 10.9 Å². The van der Waals surface area contributed by atoms with Crippen LogP contribution in [0, 0.1) is 6.92 Å².